The monoisotopic (exact) mass is 226 g/mol. The Bertz CT molecular complexity index is 320. The predicted octanol–water partition coefficient (Wildman–Crippen LogP) is -0.519. The van der Waals surface area contributed by atoms with Crippen LogP contribution in [0.25, 0.3) is 0 Å². The maximum atomic E-state index is 9.30. The van der Waals surface area contributed by atoms with Gasteiger partial charge < -0.3 is 21.3 Å². The molecule has 1 heterocycles. The number of nitrogens with one attached hydrogen (secondary N) is 1. The van der Waals surface area contributed by atoms with E-state index in [1.807, 2.05) is 6.92 Å². The van der Waals surface area contributed by atoms with Crippen LogP contribution in [0.1, 0.15) is 18.9 Å². The van der Waals surface area contributed by atoms with Crippen molar-refractivity contribution in [3.8, 4) is 0 Å². The van der Waals surface area contributed by atoms with Crippen molar-refractivity contribution in [1.82, 2.24) is 10.2 Å². The fourth-order valence-electron chi connectivity index (χ4n) is 1.32. The zero-order valence-electron chi connectivity index (χ0n) is 9.35. The number of hydrogen-bond donors (Lipinski definition) is 4. The average Bonchev–Trinajstić information content (AvgIpc) is 2.36. The minimum absolute atomic E-state index is 0.180. The van der Waals surface area contributed by atoms with E-state index in [0.29, 0.717) is 18.8 Å². The molecule has 0 saturated carbocycles. The molecule has 1 rings (SSSR count). The van der Waals surface area contributed by atoms with Gasteiger partial charge in [-0.05, 0) is 12.5 Å². The van der Waals surface area contributed by atoms with Crippen molar-refractivity contribution in [3.05, 3.63) is 17.8 Å². The lowest BCUT2D eigenvalue weighted by Gasteiger charge is -2.30. The Kier molecular flexibility index (Phi) is 4.60. The van der Waals surface area contributed by atoms with E-state index < -0.39 is 5.54 Å². The van der Waals surface area contributed by atoms with Gasteiger partial charge in [0.2, 0.25) is 0 Å². The van der Waals surface area contributed by atoms with Gasteiger partial charge in [-0.1, -0.05) is 6.92 Å². The summed E-state index contributed by atoms with van der Waals surface area (Å²) < 4.78 is 0. The van der Waals surface area contributed by atoms with Crippen LogP contribution in [0, 0.1) is 0 Å². The van der Waals surface area contributed by atoms with Gasteiger partial charge in [0, 0.05) is 12.1 Å². The molecule has 0 saturated heterocycles. The van der Waals surface area contributed by atoms with Crippen molar-refractivity contribution in [1.29, 1.82) is 0 Å². The van der Waals surface area contributed by atoms with E-state index in [-0.39, 0.29) is 13.2 Å². The number of aliphatic hydroxyl groups excluding tert-OH is 2. The lowest BCUT2D eigenvalue weighted by atomic mass is 9.98. The van der Waals surface area contributed by atoms with E-state index >= 15 is 0 Å². The molecular weight excluding hydrogens is 208 g/mol. The summed E-state index contributed by atoms with van der Waals surface area (Å²) in [7, 11) is 0. The summed E-state index contributed by atoms with van der Waals surface area (Å²) in [6, 6.07) is 1.75. The number of nitrogens with two attached hydrogens (primary N) is 1. The molecule has 0 aromatic carbocycles. The molecule has 0 spiro atoms. The number of aromatic nitrogens is 2. The van der Waals surface area contributed by atoms with Crippen molar-refractivity contribution in [2.24, 2.45) is 5.73 Å². The minimum Gasteiger partial charge on any atom is -0.394 e. The Hall–Kier alpha value is -1.24. The Morgan fingerprint density at radius 2 is 2.12 bits per heavy atom. The summed E-state index contributed by atoms with van der Waals surface area (Å²) in [4.78, 5) is 0. The summed E-state index contributed by atoms with van der Waals surface area (Å²) in [5, 5.41) is 29.3. The lowest BCUT2D eigenvalue weighted by Crippen LogP contribution is -2.45. The van der Waals surface area contributed by atoms with Crippen LogP contribution in [0.5, 0.6) is 0 Å². The maximum Gasteiger partial charge on any atom is 0.153 e. The van der Waals surface area contributed by atoms with Crippen molar-refractivity contribution in [2.45, 2.75) is 25.4 Å². The SMILES string of the molecule is CCC(CO)(CO)Nc1nnccc1CN. The van der Waals surface area contributed by atoms with Gasteiger partial charge in [-0.2, -0.15) is 5.10 Å². The Morgan fingerprint density at radius 3 is 2.62 bits per heavy atom. The van der Waals surface area contributed by atoms with Crippen LogP contribution in [0.3, 0.4) is 0 Å². The molecule has 0 aliphatic heterocycles. The highest BCUT2D eigenvalue weighted by Crippen LogP contribution is 2.18. The lowest BCUT2D eigenvalue weighted by molar-refractivity contribution is 0.132. The van der Waals surface area contributed by atoms with Gasteiger partial charge in [0.15, 0.2) is 5.82 Å². The van der Waals surface area contributed by atoms with Gasteiger partial charge in [0.05, 0.1) is 24.9 Å². The molecule has 90 valence electrons. The molecule has 0 fully saturated rings. The first-order chi connectivity index (χ1) is 7.71. The highest BCUT2D eigenvalue weighted by Gasteiger charge is 2.27. The standard InChI is InChI=1S/C10H18N4O2/c1-2-10(6-15,7-16)13-9-8(5-11)3-4-12-14-9/h3-4,15-16H,2,5-7,11H2,1H3,(H,13,14). The van der Waals surface area contributed by atoms with Gasteiger partial charge in [-0.25, -0.2) is 0 Å². The maximum absolute atomic E-state index is 9.30. The van der Waals surface area contributed by atoms with E-state index in [2.05, 4.69) is 15.5 Å². The molecule has 0 aliphatic carbocycles. The Balaban J connectivity index is 2.93. The van der Waals surface area contributed by atoms with Gasteiger partial charge in [-0.3, -0.25) is 0 Å². The van der Waals surface area contributed by atoms with E-state index in [4.69, 9.17) is 5.73 Å². The number of aliphatic hydroxyl groups is 2. The number of anilines is 1. The highest BCUT2D eigenvalue weighted by atomic mass is 16.3. The number of rotatable bonds is 6. The summed E-state index contributed by atoms with van der Waals surface area (Å²) in [5.74, 6) is 0.509. The zero-order valence-corrected chi connectivity index (χ0v) is 9.35. The molecular formula is C10H18N4O2. The molecule has 0 unspecified atom stereocenters. The van der Waals surface area contributed by atoms with Crippen LogP contribution in [-0.2, 0) is 6.54 Å². The van der Waals surface area contributed by atoms with E-state index in [9.17, 15) is 10.2 Å². The third-order valence-corrected chi connectivity index (χ3v) is 2.69. The predicted molar refractivity (Wildman–Crippen MR) is 60.7 cm³/mol. The van der Waals surface area contributed by atoms with Crippen molar-refractivity contribution < 1.29 is 10.2 Å². The molecule has 1 aromatic rings. The van der Waals surface area contributed by atoms with Crippen LogP contribution in [0.2, 0.25) is 0 Å². The first kappa shape index (κ1) is 12.8. The average molecular weight is 226 g/mol. The molecule has 0 bridgehead atoms. The quantitative estimate of drug-likeness (QED) is 0.520. The molecule has 0 aliphatic rings. The zero-order chi connectivity index (χ0) is 12.0. The molecule has 1 aromatic heterocycles. The molecule has 0 amide bonds. The Morgan fingerprint density at radius 1 is 1.44 bits per heavy atom. The van der Waals surface area contributed by atoms with Crippen molar-refractivity contribution >= 4 is 5.82 Å². The second-order valence-electron chi connectivity index (χ2n) is 3.68. The summed E-state index contributed by atoms with van der Waals surface area (Å²) in [6.07, 6.45) is 2.12. The largest absolute Gasteiger partial charge is 0.394 e. The second-order valence-corrected chi connectivity index (χ2v) is 3.68. The Labute approximate surface area is 94.5 Å². The summed E-state index contributed by atoms with van der Waals surface area (Å²) >= 11 is 0. The van der Waals surface area contributed by atoms with Crippen LogP contribution >= 0.6 is 0 Å². The first-order valence-electron chi connectivity index (χ1n) is 5.22. The smallest absolute Gasteiger partial charge is 0.153 e. The summed E-state index contributed by atoms with van der Waals surface area (Å²) in [6.45, 7) is 1.84. The molecule has 0 atom stereocenters. The molecule has 6 nitrogen and oxygen atoms in total. The number of hydrogen-bond acceptors (Lipinski definition) is 6. The van der Waals surface area contributed by atoms with Crippen LogP contribution in [0.15, 0.2) is 12.3 Å². The fraction of sp³-hybridized carbons (Fsp3) is 0.600. The van der Waals surface area contributed by atoms with Crippen LogP contribution in [-0.4, -0.2) is 39.2 Å². The minimum atomic E-state index is -0.778. The van der Waals surface area contributed by atoms with Gasteiger partial charge in [0.25, 0.3) is 0 Å². The van der Waals surface area contributed by atoms with Gasteiger partial charge in [0.1, 0.15) is 0 Å². The second kappa shape index (κ2) is 5.74. The molecule has 6 heteroatoms. The van der Waals surface area contributed by atoms with Gasteiger partial charge >= 0.3 is 0 Å². The first-order valence-corrected chi connectivity index (χ1v) is 5.22. The van der Waals surface area contributed by atoms with E-state index in [1.165, 1.54) is 0 Å². The third-order valence-electron chi connectivity index (χ3n) is 2.69. The van der Waals surface area contributed by atoms with E-state index in [0.717, 1.165) is 5.56 Å². The number of nitrogens with zero attached hydrogens (tertiary/aromatic N) is 2. The fourth-order valence-corrected chi connectivity index (χ4v) is 1.32. The van der Waals surface area contributed by atoms with Gasteiger partial charge in [-0.15, -0.1) is 5.10 Å². The molecule has 0 radical (unpaired) electrons. The highest BCUT2D eigenvalue weighted by molar-refractivity contribution is 5.44. The topological polar surface area (TPSA) is 104 Å². The van der Waals surface area contributed by atoms with Crippen LogP contribution in [0.4, 0.5) is 5.82 Å². The third kappa shape index (κ3) is 2.66. The van der Waals surface area contributed by atoms with E-state index in [1.54, 1.807) is 12.3 Å². The van der Waals surface area contributed by atoms with Crippen LogP contribution < -0.4 is 11.1 Å². The van der Waals surface area contributed by atoms with Crippen molar-refractivity contribution in [2.75, 3.05) is 18.5 Å². The normalized spacial score (nSPS) is 11.5. The molecule has 5 N–H and O–H groups in total. The summed E-state index contributed by atoms with van der Waals surface area (Å²) in [5.41, 5.74) is 5.58. The van der Waals surface area contributed by atoms with Crippen molar-refractivity contribution in [3.63, 3.8) is 0 Å². The molecule has 16 heavy (non-hydrogen) atoms.